The lowest BCUT2D eigenvalue weighted by Crippen LogP contribution is -2.30. The minimum atomic E-state index is -1.07. The minimum absolute atomic E-state index is 0.0511. The van der Waals surface area contributed by atoms with Crippen molar-refractivity contribution in [2.75, 3.05) is 6.61 Å². The van der Waals surface area contributed by atoms with E-state index in [9.17, 15) is 19.1 Å². The number of carboxylic acid groups (broad SMARTS) is 1. The van der Waals surface area contributed by atoms with E-state index in [1.54, 1.807) is 30.3 Å². The van der Waals surface area contributed by atoms with Crippen LogP contribution in [0.25, 0.3) is 0 Å². The molecule has 25 heavy (non-hydrogen) atoms. The first kappa shape index (κ1) is 17.0. The molecule has 0 bridgehead atoms. The van der Waals surface area contributed by atoms with E-state index < -0.39 is 11.8 Å². The molecule has 5 nitrogen and oxygen atoms in total. The van der Waals surface area contributed by atoms with E-state index in [-0.39, 0.29) is 29.7 Å². The molecular weight excluding hydrogens is 325 g/mol. The fourth-order valence-electron chi connectivity index (χ4n) is 3.02. The van der Waals surface area contributed by atoms with Gasteiger partial charge in [-0.2, -0.15) is 0 Å². The van der Waals surface area contributed by atoms with Crippen molar-refractivity contribution in [3.8, 4) is 5.75 Å². The smallest absolute Gasteiger partial charge is 0.335 e. The zero-order valence-electron chi connectivity index (χ0n) is 13.5. The first-order chi connectivity index (χ1) is 12.1. The fraction of sp³-hybridized carbons (Fsp3) is 0.263. The van der Waals surface area contributed by atoms with Crippen molar-refractivity contribution in [2.24, 2.45) is 0 Å². The third-order valence-corrected chi connectivity index (χ3v) is 4.19. The molecule has 1 amide bonds. The van der Waals surface area contributed by atoms with Crippen LogP contribution in [0.4, 0.5) is 4.39 Å². The molecule has 0 fully saturated rings. The van der Waals surface area contributed by atoms with E-state index >= 15 is 0 Å². The summed E-state index contributed by atoms with van der Waals surface area (Å²) in [6.45, 7) is 0.391. The summed E-state index contributed by atoms with van der Waals surface area (Å²) >= 11 is 0. The zero-order valence-corrected chi connectivity index (χ0v) is 13.5. The van der Waals surface area contributed by atoms with Crippen molar-refractivity contribution in [3.63, 3.8) is 0 Å². The summed E-state index contributed by atoms with van der Waals surface area (Å²) in [5, 5.41) is 12.1. The Morgan fingerprint density at radius 3 is 2.80 bits per heavy atom. The van der Waals surface area contributed by atoms with Crippen LogP contribution in [-0.2, 0) is 11.2 Å². The number of rotatable bonds is 4. The van der Waals surface area contributed by atoms with Gasteiger partial charge in [-0.25, -0.2) is 9.18 Å². The lowest BCUT2D eigenvalue weighted by molar-refractivity contribution is -0.121. The van der Waals surface area contributed by atoms with Gasteiger partial charge in [-0.3, -0.25) is 4.79 Å². The summed E-state index contributed by atoms with van der Waals surface area (Å²) in [6.07, 6.45) is 1.26. The average molecular weight is 343 g/mol. The number of para-hydroxylation sites is 1. The van der Waals surface area contributed by atoms with Crippen LogP contribution in [0, 0.1) is 5.82 Å². The standard InChI is InChI=1S/C19H18FNO4/c20-15-8-3-7-14-16(9-4-10-25-18(14)15)21-17(22)11-12-5-1-2-6-13(12)19(23)24/h1-3,5-8,16H,4,9-11H2,(H,21,22)(H,23,24). The molecule has 1 atom stereocenters. The summed E-state index contributed by atoms with van der Waals surface area (Å²) in [5.41, 5.74) is 1.16. The Bertz CT molecular complexity index is 806. The van der Waals surface area contributed by atoms with Crippen LogP contribution >= 0.6 is 0 Å². The van der Waals surface area contributed by atoms with Gasteiger partial charge in [0, 0.05) is 5.56 Å². The van der Waals surface area contributed by atoms with Crippen LogP contribution in [0.15, 0.2) is 42.5 Å². The molecule has 3 rings (SSSR count). The molecule has 0 radical (unpaired) electrons. The maximum absolute atomic E-state index is 13.9. The molecule has 1 aliphatic rings. The van der Waals surface area contributed by atoms with Crippen molar-refractivity contribution in [1.82, 2.24) is 5.32 Å². The summed E-state index contributed by atoms with van der Waals surface area (Å²) in [6, 6.07) is 10.7. The van der Waals surface area contributed by atoms with E-state index in [0.717, 1.165) is 0 Å². The second-order valence-electron chi connectivity index (χ2n) is 5.91. The van der Waals surface area contributed by atoms with Crippen LogP contribution in [-0.4, -0.2) is 23.6 Å². The first-order valence-corrected chi connectivity index (χ1v) is 8.08. The predicted molar refractivity (Wildman–Crippen MR) is 89.1 cm³/mol. The number of carbonyl (C=O) groups is 2. The number of ether oxygens (including phenoxy) is 1. The second-order valence-corrected chi connectivity index (χ2v) is 5.91. The van der Waals surface area contributed by atoms with Gasteiger partial charge >= 0.3 is 5.97 Å². The highest BCUT2D eigenvalue weighted by Crippen LogP contribution is 2.33. The highest BCUT2D eigenvalue weighted by Gasteiger charge is 2.24. The molecule has 0 spiro atoms. The Morgan fingerprint density at radius 2 is 2.00 bits per heavy atom. The van der Waals surface area contributed by atoms with Crippen LogP contribution in [0.5, 0.6) is 5.75 Å². The molecule has 0 aromatic heterocycles. The van der Waals surface area contributed by atoms with Crippen LogP contribution < -0.4 is 10.1 Å². The molecule has 2 aromatic carbocycles. The predicted octanol–water partition coefficient (Wildman–Crippen LogP) is 3.10. The number of fused-ring (bicyclic) bond motifs is 1. The van der Waals surface area contributed by atoms with E-state index in [2.05, 4.69) is 5.32 Å². The van der Waals surface area contributed by atoms with E-state index in [1.807, 2.05) is 0 Å². The topological polar surface area (TPSA) is 75.6 Å². The van der Waals surface area contributed by atoms with Crippen molar-refractivity contribution in [3.05, 3.63) is 65.0 Å². The third-order valence-electron chi connectivity index (χ3n) is 4.19. The van der Waals surface area contributed by atoms with E-state index in [0.29, 0.717) is 30.6 Å². The van der Waals surface area contributed by atoms with Gasteiger partial charge in [-0.05, 0) is 30.5 Å². The Labute approximate surface area is 144 Å². The number of nitrogens with one attached hydrogen (secondary N) is 1. The summed E-state index contributed by atoms with van der Waals surface area (Å²) in [7, 11) is 0. The quantitative estimate of drug-likeness (QED) is 0.894. The Morgan fingerprint density at radius 1 is 1.20 bits per heavy atom. The van der Waals surface area contributed by atoms with Gasteiger partial charge in [0.15, 0.2) is 11.6 Å². The molecule has 2 N–H and O–H groups in total. The van der Waals surface area contributed by atoms with E-state index in [1.165, 1.54) is 12.1 Å². The fourth-order valence-corrected chi connectivity index (χ4v) is 3.02. The van der Waals surface area contributed by atoms with Gasteiger partial charge in [0.25, 0.3) is 0 Å². The number of carbonyl (C=O) groups excluding carboxylic acids is 1. The summed E-state index contributed by atoms with van der Waals surface area (Å²) in [4.78, 5) is 23.7. The van der Waals surface area contributed by atoms with Gasteiger partial charge in [0.2, 0.25) is 5.91 Å². The molecule has 0 saturated carbocycles. The lowest BCUT2D eigenvalue weighted by Gasteiger charge is -2.19. The number of aromatic carboxylic acids is 1. The maximum Gasteiger partial charge on any atom is 0.335 e. The zero-order chi connectivity index (χ0) is 17.8. The molecule has 6 heteroatoms. The van der Waals surface area contributed by atoms with Crippen LogP contribution in [0.2, 0.25) is 0 Å². The molecule has 0 aliphatic carbocycles. The SMILES string of the molecule is O=C(Cc1ccccc1C(=O)O)NC1CCCOc2c(F)cccc21. The van der Waals surface area contributed by atoms with Gasteiger partial charge in [0.1, 0.15) is 0 Å². The van der Waals surface area contributed by atoms with E-state index in [4.69, 9.17) is 4.74 Å². The number of halogens is 1. The first-order valence-electron chi connectivity index (χ1n) is 8.08. The molecular formula is C19H18FNO4. The Hall–Kier alpha value is -2.89. The molecule has 1 heterocycles. The van der Waals surface area contributed by atoms with Crippen LogP contribution in [0.1, 0.15) is 40.4 Å². The summed E-state index contributed by atoms with van der Waals surface area (Å²) < 4.78 is 19.4. The maximum atomic E-state index is 13.9. The number of hydrogen-bond acceptors (Lipinski definition) is 3. The summed E-state index contributed by atoms with van der Waals surface area (Å²) in [5.74, 6) is -1.65. The lowest BCUT2D eigenvalue weighted by atomic mass is 10.0. The number of amides is 1. The second kappa shape index (κ2) is 7.34. The Balaban J connectivity index is 1.78. The van der Waals surface area contributed by atoms with Gasteiger partial charge in [-0.1, -0.05) is 30.3 Å². The molecule has 1 unspecified atom stereocenters. The van der Waals surface area contributed by atoms with Crippen molar-refractivity contribution in [1.29, 1.82) is 0 Å². The van der Waals surface area contributed by atoms with Crippen molar-refractivity contribution >= 4 is 11.9 Å². The van der Waals surface area contributed by atoms with Crippen molar-refractivity contribution < 1.29 is 23.8 Å². The van der Waals surface area contributed by atoms with Gasteiger partial charge < -0.3 is 15.2 Å². The molecule has 0 saturated heterocycles. The Kier molecular flexibility index (Phi) is 4.97. The number of hydrogen-bond donors (Lipinski definition) is 2. The van der Waals surface area contributed by atoms with Gasteiger partial charge in [-0.15, -0.1) is 0 Å². The molecule has 1 aliphatic heterocycles. The average Bonchev–Trinajstić information content (AvgIpc) is 2.79. The number of benzene rings is 2. The number of carboxylic acids is 1. The highest BCUT2D eigenvalue weighted by molar-refractivity contribution is 5.91. The monoisotopic (exact) mass is 343 g/mol. The van der Waals surface area contributed by atoms with Crippen LogP contribution in [0.3, 0.4) is 0 Å². The minimum Gasteiger partial charge on any atom is -0.490 e. The third kappa shape index (κ3) is 3.79. The highest BCUT2D eigenvalue weighted by atomic mass is 19.1. The largest absolute Gasteiger partial charge is 0.490 e. The molecule has 2 aromatic rings. The molecule has 130 valence electrons. The van der Waals surface area contributed by atoms with Crippen molar-refractivity contribution in [2.45, 2.75) is 25.3 Å². The normalized spacial score (nSPS) is 16.3. The van der Waals surface area contributed by atoms with Gasteiger partial charge in [0.05, 0.1) is 24.6 Å².